The molecule has 0 saturated heterocycles. The maximum Gasteiger partial charge on any atom is 0.0675 e. The number of aryl methyl sites for hydroxylation is 6. The lowest BCUT2D eigenvalue weighted by atomic mass is 9.53. The van der Waals surface area contributed by atoms with Gasteiger partial charge in [0.2, 0.25) is 0 Å². The number of hydrogen-bond acceptors (Lipinski definition) is 1. The fourth-order valence-electron chi connectivity index (χ4n) is 15.4. The van der Waals surface area contributed by atoms with Crippen LogP contribution in [0.4, 0.5) is 0 Å². The van der Waals surface area contributed by atoms with Gasteiger partial charge in [0.05, 0.1) is 6.10 Å². The highest BCUT2D eigenvalue weighted by molar-refractivity contribution is 5.38. The molecule has 0 aliphatic heterocycles. The van der Waals surface area contributed by atoms with Crippen molar-refractivity contribution >= 4 is 0 Å². The van der Waals surface area contributed by atoms with Gasteiger partial charge < -0.3 is 4.74 Å². The van der Waals surface area contributed by atoms with E-state index in [0.717, 1.165) is 53.3 Å². The molecule has 3 aromatic rings. The van der Waals surface area contributed by atoms with Gasteiger partial charge in [0.25, 0.3) is 0 Å². The highest BCUT2D eigenvalue weighted by Crippen LogP contribution is 2.69. The van der Waals surface area contributed by atoms with E-state index in [0.29, 0.717) is 29.6 Å². The van der Waals surface area contributed by atoms with Crippen molar-refractivity contribution in [1.29, 1.82) is 0 Å². The topological polar surface area (TPSA) is 9.23 Å². The van der Waals surface area contributed by atoms with E-state index in [9.17, 15) is 0 Å². The van der Waals surface area contributed by atoms with E-state index in [1.807, 2.05) is 7.11 Å². The van der Waals surface area contributed by atoms with Crippen LogP contribution in [0, 0.1) is 112 Å². The van der Waals surface area contributed by atoms with Crippen molar-refractivity contribution in [3.05, 3.63) is 105 Å². The third-order valence-electron chi connectivity index (χ3n) is 16.8. The third kappa shape index (κ3) is 6.77. The first kappa shape index (κ1) is 38.5. The molecule has 5 aliphatic rings. The molecule has 8 rings (SSSR count). The highest BCUT2D eigenvalue weighted by Gasteiger charge is 2.61. The van der Waals surface area contributed by atoms with Gasteiger partial charge in [0, 0.05) is 13.0 Å². The zero-order chi connectivity index (χ0) is 38.4. The molecular formula is C53H74O. The molecule has 0 bridgehead atoms. The number of benzene rings is 3. The summed E-state index contributed by atoms with van der Waals surface area (Å²) in [4.78, 5) is 0. The average molecular weight is 727 g/mol. The molecule has 0 N–H and O–H groups in total. The minimum absolute atomic E-state index is 0.207. The second-order valence-corrected chi connectivity index (χ2v) is 21.6. The summed E-state index contributed by atoms with van der Waals surface area (Å²) < 4.78 is 6.67. The Morgan fingerprint density at radius 3 is 1.46 bits per heavy atom. The number of ether oxygens (including phenoxy) is 1. The predicted molar refractivity (Wildman–Crippen MR) is 228 cm³/mol. The number of hydrogen-bond donors (Lipinski definition) is 0. The first-order chi connectivity index (χ1) is 25.6. The van der Waals surface area contributed by atoms with E-state index >= 15 is 0 Å². The Morgan fingerprint density at radius 2 is 0.963 bits per heavy atom. The molecular weight excluding hydrogens is 653 g/mol. The monoisotopic (exact) mass is 727 g/mol. The Kier molecular flexibility index (Phi) is 10.4. The van der Waals surface area contributed by atoms with E-state index in [2.05, 4.69) is 131 Å². The quantitative estimate of drug-likeness (QED) is 0.246. The van der Waals surface area contributed by atoms with Crippen molar-refractivity contribution < 1.29 is 4.74 Å². The first-order valence-corrected chi connectivity index (χ1v) is 22.4. The van der Waals surface area contributed by atoms with Gasteiger partial charge in [-0.25, -0.2) is 0 Å². The lowest BCUT2D eigenvalue weighted by Crippen LogP contribution is -2.48. The van der Waals surface area contributed by atoms with Crippen molar-refractivity contribution in [3.8, 4) is 0 Å². The number of methoxy groups -OCH3 is 1. The maximum absolute atomic E-state index is 6.67. The van der Waals surface area contributed by atoms with Crippen LogP contribution in [-0.2, 0) is 4.74 Å². The van der Waals surface area contributed by atoms with Crippen molar-refractivity contribution in [2.75, 3.05) is 7.11 Å². The summed E-state index contributed by atoms with van der Waals surface area (Å²) in [6.45, 7) is 26.9. The molecule has 0 spiro atoms. The molecule has 15 unspecified atom stereocenters. The molecule has 1 heteroatoms. The number of fused-ring (bicyclic) bond motifs is 3. The van der Waals surface area contributed by atoms with Gasteiger partial charge >= 0.3 is 0 Å². The fourth-order valence-corrected chi connectivity index (χ4v) is 15.4. The molecule has 0 heterocycles. The Labute approximate surface area is 330 Å². The molecule has 292 valence electrons. The fraction of sp³-hybridized carbons (Fsp3) is 0.660. The van der Waals surface area contributed by atoms with Crippen LogP contribution in [0.25, 0.3) is 0 Å². The summed E-state index contributed by atoms with van der Waals surface area (Å²) in [6, 6.07) is 22.7. The van der Waals surface area contributed by atoms with E-state index in [1.165, 1.54) is 78.3 Å². The van der Waals surface area contributed by atoms with Crippen LogP contribution in [0.2, 0.25) is 0 Å². The van der Waals surface area contributed by atoms with Crippen molar-refractivity contribution in [1.82, 2.24) is 0 Å². The van der Waals surface area contributed by atoms with Crippen LogP contribution in [0.15, 0.2) is 54.6 Å². The third-order valence-corrected chi connectivity index (χ3v) is 16.8. The standard InChI is InChI=1S/C53H74O/c1-29-16-30(2)20-37(19-29)48-40-14-13-15-41(40)49(38-21-31(3)17-32(4)22-38)51-43(36(8)26-46(48)51)27-42-35(7)25-45-44(42)28-47(53(9,10)11)52(54-12)50(45)39-23-33(5)18-34(6)24-39/h16-24,35-36,40-52H,13-15,25-28H2,1-12H3. The minimum atomic E-state index is 0.207. The molecule has 54 heavy (non-hydrogen) atoms. The molecule has 5 aliphatic carbocycles. The molecule has 0 amide bonds. The predicted octanol–water partition coefficient (Wildman–Crippen LogP) is 13.9. The Bertz CT molecular complexity index is 1760. The Balaban J connectivity index is 1.21. The van der Waals surface area contributed by atoms with Gasteiger partial charge in [-0.2, -0.15) is 0 Å². The van der Waals surface area contributed by atoms with Crippen molar-refractivity contribution in [2.45, 2.75) is 145 Å². The number of rotatable bonds is 6. The van der Waals surface area contributed by atoms with Crippen molar-refractivity contribution in [3.63, 3.8) is 0 Å². The SMILES string of the molecule is COC1C(c2cc(C)cc(C)c2)C2CC(C)C(CC3C(C)CC4C(c5cc(C)cc(C)c5)C5CCCC5C(c5cc(C)cc(C)c5)C34)C2CC1C(C)(C)C. The average Bonchev–Trinajstić information content (AvgIpc) is 3.76. The Morgan fingerprint density at radius 1 is 0.519 bits per heavy atom. The lowest BCUT2D eigenvalue weighted by molar-refractivity contribution is -0.0761. The summed E-state index contributed by atoms with van der Waals surface area (Å²) in [5, 5.41) is 0. The van der Waals surface area contributed by atoms with Gasteiger partial charge in [-0.3, -0.25) is 0 Å². The molecule has 0 aromatic heterocycles. The van der Waals surface area contributed by atoms with Gasteiger partial charge in [-0.1, -0.05) is 129 Å². The molecule has 3 aromatic carbocycles. The van der Waals surface area contributed by atoms with Gasteiger partial charge in [0.15, 0.2) is 0 Å². The molecule has 5 fully saturated rings. The van der Waals surface area contributed by atoms with Crippen LogP contribution >= 0.6 is 0 Å². The summed E-state index contributed by atoms with van der Waals surface area (Å²) in [6.07, 6.45) is 10.1. The van der Waals surface area contributed by atoms with E-state index in [1.54, 1.807) is 16.7 Å². The molecule has 0 radical (unpaired) electrons. The lowest BCUT2D eigenvalue weighted by Gasteiger charge is -2.52. The maximum atomic E-state index is 6.67. The molecule has 15 atom stereocenters. The van der Waals surface area contributed by atoms with E-state index < -0.39 is 0 Å². The van der Waals surface area contributed by atoms with Crippen molar-refractivity contribution in [2.24, 2.45) is 70.5 Å². The summed E-state index contributed by atoms with van der Waals surface area (Å²) in [5.41, 5.74) is 13.8. The summed E-state index contributed by atoms with van der Waals surface area (Å²) in [5.74, 6) is 10.2. The van der Waals surface area contributed by atoms with Gasteiger partial charge in [0.1, 0.15) is 0 Å². The van der Waals surface area contributed by atoms with Gasteiger partial charge in [-0.05, 0) is 179 Å². The van der Waals surface area contributed by atoms with Crippen LogP contribution in [0.1, 0.15) is 147 Å². The zero-order valence-corrected chi connectivity index (χ0v) is 36.2. The Hall–Kier alpha value is -2.38. The smallest absolute Gasteiger partial charge is 0.0675 e. The van der Waals surface area contributed by atoms with E-state index in [4.69, 9.17) is 4.74 Å². The summed E-state index contributed by atoms with van der Waals surface area (Å²) >= 11 is 0. The van der Waals surface area contributed by atoms with Crippen LogP contribution in [-0.4, -0.2) is 13.2 Å². The highest BCUT2D eigenvalue weighted by atomic mass is 16.5. The molecule has 1 nitrogen and oxygen atoms in total. The zero-order valence-electron chi connectivity index (χ0n) is 36.2. The minimum Gasteiger partial charge on any atom is -0.381 e. The largest absolute Gasteiger partial charge is 0.381 e. The van der Waals surface area contributed by atoms with Crippen LogP contribution in [0.3, 0.4) is 0 Å². The first-order valence-electron chi connectivity index (χ1n) is 22.4. The second-order valence-electron chi connectivity index (χ2n) is 21.6. The van der Waals surface area contributed by atoms with Crippen LogP contribution in [0.5, 0.6) is 0 Å². The summed E-state index contributed by atoms with van der Waals surface area (Å²) in [7, 11) is 2.02. The molecule has 5 saturated carbocycles. The van der Waals surface area contributed by atoms with Gasteiger partial charge in [-0.15, -0.1) is 0 Å². The second kappa shape index (κ2) is 14.5. The van der Waals surface area contributed by atoms with E-state index in [-0.39, 0.29) is 11.5 Å². The van der Waals surface area contributed by atoms with Crippen LogP contribution < -0.4 is 0 Å². The normalized spacial score (nSPS) is 39.0.